The van der Waals surface area contributed by atoms with Crippen molar-refractivity contribution in [2.24, 2.45) is 11.8 Å². The highest BCUT2D eigenvalue weighted by atomic mass is 14.9. The second kappa shape index (κ2) is 7.78. The summed E-state index contributed by atoms with van der Waals surface area (Å²) in [5, 5.41) is 3.79. The predicted molar refractivity (Wildman–Crippen MR) is 85.7 cm³/mol. The van der Waals surface area contributed by atoms with E-state index in [1.807, 2.05) is 6.20 Å². The summed E-state index contributed by atoms with van der Waals surface area (Å²) in [5.74, 6) is 1.71. The van der Waals surface area contributed by atoms with Gasteiger partial charge in [0, 0.05) is 18.4 Å². The van der Waals surface area contributed by atoms with Crippen LogP contribution in [0.1, 0.15) is 69.5 Å². The van der Waals surface area contributed by atoms with Crippen LogP contribution in [0.15, 0.2) is 18.5 Å². The highest BCUT2D eigenvalue weighted by Crippen LogP contribution is 2.38. The SMILES string of the molecule is CCCNC(c1cncc(C)c1)C1CCCC(CC)C1. The molecule has 0 amide bonds. The number of nitrogens with one attached hydrogen (secondary N) is 1. The first-order valence-electron chi connectivity index (χ1n) is 8.39. The average Bonchev–Trinajstić information content (AvgIpc) is 2.48. The van der Waals surface area contributed by atoms with E-state index in [1.54, 1.807) is 0 Å². The molecule has 1 N–H and O–H groups in total. The van der Waals surface area contributed by atoms with Gasteiger partial charge in [-0.05, 0) is 55.7 Å². The third-order valence-corrected chi connectivity index (χ3v) is 4.74. The molecule has 0 spiro atoms. The first-order chi connectivity index (χ1) is 9.74. The maximum atomic E-state index is 4.41. The van der Waals surface area contributed by atoms with Crippen LogP contribution in [0.2, 0.25) is 0 Å². The molecule has 2 heteroatoms. The normalized spacial score (nSPS) is 24.6. The van der Waals surface area contributed by atoms with Gasteiger partial charge in [0.15, 0.2) is 0 Å². The average molecular weight is 274 g/mol. The van der Waals surface area contributed by atoms with Crippen molar-refractivity contribution in [3.05, 3.63) is 29.6 Å². The molecule has 3 unspecified atom stereocenters. The molecule has 1 heterocycles. The van der Waals surface area contributed by atoms with Crippen molar-refractivity contribution in [3.8, 4) is 0 Å². The zero-order valence-electron chi connectivity index (χ0n) is 13.4. The van der Waals surface area contributed by atoms with Crippen molar-refractivity contribution in [3.63, 3.8) is 0 Å². The summed E-state index contributed by atoms with van der Waals surface area (Å²) in [5.41, 5.74) is 2.66. The fraction of sp³-hybridized carbons (Fsp3) is 0.722. The predicted octanol–water partition coefficient (Wildman–Crippen LogP) is 4.65. The lowest BCUT2D eigenvalue weighted by Gasteiger charge is -2.35. The largest absolute Gasteiger partial charge is 0.310 e. The standard InChI is InChI=1S/C18H30N2/c1-4-9-20-18(17-10-14(3)12-19-13-17)16-8-6-7-15(5-2)11-16/h10,12-13,15-16,18,20H,4-9,11H2,1-3H3. The maximum absolute atomic E-state index is 4.41. The van der Waals surface area contributed by atoms with Gasteiger partial charge >= 0.3 is 0 Å². The van der Waals surface area contributed by atoms with Gasteiger partial charge in [-0.3, -0.25) is 4.98 Å². The lowest BCUT2D eigenvalue weighted by atomic mass is 9.75. The molecule has 1 saturated carbocycles. The van der Waals surface area contributed by atoms with E-state index in [0.29, 0.717) is 6.04 Å². The van der Waals surface area contributed by atoms with Crippen molar-refractivity contribution in [2.45, 2.75) is 65.3 Å². The Balaban J connectivity index is 2.14. The van der Waals surface area contributed by atoms with Crippen molar-refractivity contribution in [1.82, 2.24) is 10.3 Å². The van der Waals surface area contributed by atoms with E-state index in [0.717, 1.165) is 18.4 Å². The number of aryl methyl sites for hydroxylation is 1. The van der Waals surface area contributed by atoms with Crippen molar-refractivity contribution in [1.29, 1.82) is 0 Å². The van der Waals surface area contributed by atoms with E-state index in [9.17, 15) is 0 Å². The second-order valence-electron chi connectivity index (χ2n) is 6.43. The van der Waals surface area contributed by atoms with Crippen molar-refractivity contribution >= 4 is 0 Å². The first-order valence-corrected chi connectivity index (χ1v) is 8.39. The lowest BCUT2D eigenvalue weighted by molar-refractivity contribution is 0.209. The minimum Gasteiger partial charge on any atom is -0.310 e. The maximum Gasteiger partial charge on any atom is 0.0364 e. The van der Waals surface area contributed by atoms with Gasteiger partial charge in [-0.15, -0.1) is 0 Å². The topological polar surface area (TPSA) is 24.9 Å². The third kappa shape index (κ3) is 4.05. The van der Waals surface area contributed by atoms with E-state index in [1.165, 1.54) is 49.7 Å². The van der Waals surface area contributed by atoms with Gasteiger partial charge in [0.05, 0.1) is 0 Å². The third-order valence-electron chi connectivity index (χ3n) is 4.74. The Labute approximate surface area is 124 Å². The Kier molecular flexibility index (Phi) is 6.03. The molecule has 0 saturated heterocycles. The molecule has 0 aliphatic heterocycles. The Bertz CT molecular complexity index is 402. The van der Waals surface area contributed by atoms with Crippen LogP contribution < -0.4 is 5.32 Å². The first kappa shape index (κ1) is 15.5. The van der Waals surface area contributed by atoms with Crippen molar-refractivity contribution in [2.75, 3.05) is 6.54 Å². The van der Waals surface area contributed by atoms with Gasteiger partial charge in [0.2, 0.25) is 0 Å². The summed E-state index contributed by atoms with van der Waals surface area (Å²) in [4.78, 5) is 4.41. The van der Waals surface area contributed by atoms with E-state index in [2.05, 4.69) is 43.3 Å². The van der Waals surface area contributed by atoms with Crippen molar-refractivity contribution < 1.29 is 0 Å². The Hall–Kier alpha value is -0.890. The number of aromatic nitrogens is 1. The molecular weight excluding hydrogens is 244 g/mol. The fourth-order valence-electron chi connectivity index (χ4n) is 3.61. The zero-order valence-corrected chi connectivity index (χ0v) is 13.4. The van der Waals surface area contributed by atoms with Gasteiger partial charge in [-0.1, -0.05) is 39.2 Å². The number of nitrogens with zero attached hydrogens (tertiary/aromatic N) is 1. The molecule has 1 fully saturated rings. The monoisotopic (exact) mass is 274 g/mol. The van der Waals surface area contributed by atoms with Gasteiger partial charge in [-0.2, -0.15) is 0 Å². The number of hydrogen-bond donors (Lipinski definition) is 1. The molecule has 1 aromatic rings. The van der Waals surface area contributed by atoms with Crippen LogP contribution in [-0.4, -0.2) is 11.5 Å². The molecule has 2 nitrogen and oxygen atoms in total. The summed E-state index contributed by atoms with van der Waals surface area (Å²) in [6.45, 7) is 7.83. The minimum absolute atomic E-state index is 0.497. The van der Waals surface area contributed by atoms with Crippen LogP contribution in [0.25, 0.3) is 0 Å². The summed E-state index contributed by atoms with van der Waals surface area (Å²) in [6.07, 6.45) is 12.1. The van der Waals surface area contributed by atoms with Gasteiger partial charge in [0.25, 0.3) is 0 Å². The van der Waals surface area contributed by atoms with E-state index >= 15 is 0 Å². The van der Waals surface area contributed by atoms with Crippen LogP contribution in [0.3, 0.4) is 0 Å². The van der Waals surface area contributed by atoms with Crippen LogP contribution in [0.4, 0.5) is 0 Å². The summed E-state index contributed by atoms with van der Waals surface area (Å²) >= 11 is 0. The second-order valence-corrected chi connectivity index (χ2v) is 6.43. The fourth-order valence-corrected chi connectivity index (χ4v) is 3.61. The molecular formula is C18H30N2. The quantitative estimate of drug-likeness (QED) is 0.817. The molecule has 2 rings (SSSR count). The number of rotatable bonds is 6. The molecule has 0 radical (unpaired) electrons. The number of hydrogen-bond acceptors (Lipinski definition) is 2. The molecule has 1 aliphatic carbocycles. The van der Waals surface area contributed by atoms with E-state index in [4.69, 9.17) is 0 Å². The lowest BCUT2D eigenvalue weighted by Crippen LogP contribution is -2.32. The van der Waals surface area contributed by atoms with Gasteiger partial charge in [-0.25, -0.2) is 0 Å². The highest BCUT2D eigenvalue weighted by molar-refractivity contribution is 5.21. The number of pyridine rings is 1. The highest BCUT2D eigenvalue weighted by Gasteiger charge is 2.28. The minimum atomic E-state index is 0.497. The van der Waals surface area contributed by atoms with Gasteiger partial charge < -0.3 is 5.32 Å². The van der Waals surface area contributed by atoms with Crippen LogP contribution in [-0.2, 0) is 0 Å². The zero-order chi connectivity index (χ0) is 14.4. The molecule has 1 aliphatic rings. The van der Waals surface area contributed by atoms with E-state index < -0.39 is 0 Å². The van der Waals surface area contributed by atoms with Gasteiger partial charge in [0.1, 0.15) is 0 Å². The smallest absolute Gasteiger partial charge is 0.0364 e. The Morgan fingerprint density at radius 3 is 2.85 bits per heavy atom. The van der Waals surface area contributed by atoms with Crippen LogP contribution in [0.5, 0.6) is 0 Å². The van der Waals surface area contributed by atoms with Crippen LogP contribution >= 0.6 is 0 Å². The van der Waals surface area contributed by atoms with Crippen LogP contribution in [0, 0.1) is 18.8 Å². The summed E-state index contributed by atoms with van der Waals surface area (Å²) in [6, 6.07) is 2.81. The molecule has 3 atom stereocenters. The van der Waals surface area contributed by atoms with E-state index in [-0.39, 0.29) is 0 Å². The summed E-state index contributed by atoms with van der Waals surface area (Å²) in [7, 11) is 0. The Morgan fingerprint density at radius 1 is 1.30 bits per heavy atom. The summed E-state index contributed by atoms with van der Waals surface area (Å²) < 4.78 is 0. The molecule has 0 bridgehead atoms. The molecule has 112 valence electrons. The molecule has 20 heavy (non-hydrogen) atoms. The molecule has 1 aromatic heterocycles. The Morgan fingerprint density at radius 2 is 2.15 bits per heavy atom. The molecule has 0 aromatic carbocycles.